The molecule has 0 saturated heterocycles. The van der Waals surface area contributed by atoms with E-state index in [1.165, 1.54) is 4.31 Å². The maximum atomic E-state index is 12.4. The van der Waals surface area contributed by atoms with Gasteiger partial charge < -0.3 is 11.1 Å². The molecule has 0 fully saturated rings. The van der Waals surface area contributed by atoms with Crippen LogP contribution in [0.1, 0.15) is 39.3 Å². The van der Waals surface area contributed by atoms with E-state index in [0.29, 0.717) is 13.1 Å². The van der Waals surface area contributed by atoms with Crippen LogP contribution >= 0.6 is 12.4 Å². The van der Waals surface area contributed by atoms with Gasteiger partial charge in [-0.2, -0.15) is 4.31 Å². The van der Waals surface area contributed by atoms with Gasteiger partial charge in [-0.15, -0.1) is 12.4 Å². The number of halogens is 1. The molecule has 1 amide bonds. The average Bonchev–Trinajstić information content (AvgIpc) is 2.48. The van der Waals surface area contributed by atoms with E-state index in [2.05, 4.69) is 5.32 Å². The predicted molar refractivity (Wildman–Crippen MR) is 94.0 cm³/mol. The number of hydrogen-bond donors (Lipinski definition) is 2. The first-order valence-electron chi connectivity index (χ1n) is 7.40. The molecule has 0 aliphatic rings. The van der Waals surface area contributed by atoms with Crippen LogP contribution in [0.25, 0.3) is 0 Å². The minimum absolute atomic E-state index is 0. The summed E-state index contributed by atoms with van der Waals surface area (Å²) in [5.41, 5.74) is 6.34. The summed E-state index contributed by atoms with van der Waals surface area (Å²) in [5.74, 6) is -0.243. The van der Waals surface area contributed by atoms with Gasteiger partial charge in [-0.25, -0.2) is 8.42 Å². The van der Waals surface area contributed by atoms with Gasteiger partial charge in [-0.05, 0) is 31.5 Å². The van der Waals surface area contributed by atoms with Gasteiger partial charge in [0.05, 0.1) is 17.0 Å². The van der Waals surface area contributed by atoms with Crippen LogP contribution in [-0.2, 0) is 14.8 Å². The Labute approximate surface area is 144 Å². The second-order valence-corrected chi connectivity index (χ2v) is 7.12. The summed E-state index contributed by atoms with van der Waals surface area (Å²) in [4.78, 5) is 11.8. The van der Waals surface area contributed by atoms with E-state index in [1.54, 1.807) is 45.0 Å². The predicted octanol–water partition coefficient (Wildman–Crippen LogP) is 1.66. The second-order valence-electron chi connectivity index (χ2n) is 5.18. The van der Waals surface area contributed by atoms with E-state index in [1.807, 2.05) is 6.92 Å². The largest absolute Gasteiger partial charge is 0.348 e. The summed E-state index contributed by atoms with van der Waals surface area (Å²) in [6, 6.07) is 5.74. The van der Waals surface area contributed by atoms with Crippen molar-refractivity contribution in [2.75, 3.05) is 13.1 Å². The molecule has 6 nitrogen and oxygen atoms in total. The van der Waals surface area contributed by atoms with Crippen molar-refractivity contribution < 1.29 is 13.2 Å². The van der Waals surface area contributed by atoms with Crippen molar-refractivity contribution in [3.63, 3.8) is 0 Å². The van der Waals surface area contributed by atoms with E-state index < -0.39 is 16.1 Å². The Morgan fingerprint density at radius 1 is 1.17 bits per heavy atom. The van der Waals surface area contributed by atoms with Crippen LogP contribution in [0.3, 0.4) is 0 Å². The first-order chi connectivity index (χ1) is 10.2. The molecular weight excluding hydrogens is 338 g/mol. The molecule has 0 bridgehead atoms. The number of nitrogens with one attached hydrogen (secondary N) is 1. The molecule has 0 spiro atoms. The monoisotopic (exact) mass is 363 g/mol. The van der Waals surface area contributed by atoms with Gasteiger partial charge in [-0.3, -0.25) is 4.79 Å². The highest BCUT2D eigenvalue weighted by atomic mass is 35.5. The molecule has 132 valence electrons. The first kappa shape index (κ1) is 21.9. The van der Waals surface area contributed by atoms with Gasteiger partial charge in [0.2, 0.25) is 15.9 Å². The Balaban J connectivity index is 0.00000484. The summed E-state index contributed by atoms with van der Waals surface area (Å²) in [7, 11) is -3.45. The summed E-state index contributed by atoms with van der Waals surface area (Å²) in [6.45, 7) is 7.92. The highest BCUT2D eigenvalue weighted by Gasteiger charge is 2.21. The number of nitrogens with zero attached hydrogens (tertiary/aromatic N) is 1. The van der Waals surface area contributed by atoms with Crippen molar-refractivity contribution in [3.8, 4) is 0 Å². The molecule has 0 heterocycles. The first-order valence-corrected chi connectivity index (χ1v) is 8.84. The minimum Gasteiger partial charge on any atom is -0.348 e. The van der Waals surface area contributed by atoms with Gasteiger partial charge in [-0.1, -0.05) is 26.0 Å². The second kappa shape index (κ2) is 9.22. The fraction of sp³-hybridized carbons (Fsp3) is 0.533. The Hall–Kier alpha value is -1.15. The Bertz CT molecular complexity index is 599. The summed E-state index contributed by atoms with van der Waals surface area (Å²) < 4.78 is 26.2. The van der Waals surface area contributed by atoms with Crippen molar-refractivity contribution in [2.24, 2.45) is 5.73 Å². The maximum absolute atomic E-state index is 12.4. The number of carbonyl (C=O) groups excluding carboxylic acids is 1. The quantitative estimate of drug-likeness (QED) is 0.770. The number of nitrogens with two attached hydrogens (primary N) is 1. The lowest BCUT2D eigenvalue weighted by molar-refractivity contribution is -0.122. The Morgan fingerprint density at radius 3 is 2.04 bits per heavy atom. The van der Waals surface area contributed by atoms with Crippen molar-refractivity contribution in [1.82, 2.24) is 9.62 Å². The number of hydrogen-bond acceptors (Lipinski definition) is 4. The van der Waals surface area contributed by atoms with E-state index in [0.717, 1.165) is 5.56 Å². The molecule has 2 unspecified atom stereocenters. The van der Waals surface area contributed by atoms with Crippen LogP contribution in [0, 0.1) is 0 Å². The lowest BCUT2D eigenvalue weighted by Crippen LogP contribution is -2.39. The molecule has 0 aromatic heterocycles. The fourth-order valence-electron chi connectivity index (χ4n) is 2.07. The maximum Gasteiger partial charge on any atom is 0.243 e. The third-order valence-electron chi connectivity index (χ3n) is 3.50. The molecule has 0 aliphatic carbocycles. The molecule has 0 aliphatic heterocycles. The number of amides is 1. The van der Waals surface area contributed by atoms with Crippen molar-refractivity contribution in [2.45, 2.75) is 44.7 Å². The topological polar surface area (TPSA) is 92.5 Å². The highest BCUT2D eigenvalue weighted by Crippen LogP contribution is 2.19. The molecule has 1 aromatic carbocycles. The SMILES string of the molecule is CCN(CC)S(=O)(=O)c1ccc(C(C)NC(=O)C(C)N)cc1.Cl. The standard InChI is InChI=1S/C15H25N3O3S.ClH/c1-5-18(6-2)22(20,21)14-9-7-13(8-10-14)12(4)17-15(19)11(3)16;/h7-12H,5-6,16H2,1-4H3,(H,17,19);1H. The van der Waals surface area contributed by atoms with Gasteiger partial charge >= 0.3 is 0 Å². The third-order valence-corrected chi connectivity index (χ3v) is 5.56. The smallest absolute Gasteiger partial charge is 0.243 e. The van der Waals surface area contributed by atoms with Crippen LogP contribution in [-0.4, -0.2) is 37.8 Å². The van der Waals surface area contributed by atoms with E-state index in [4.69, 9.17) is 5.73 Å². The number of carbonyl (C=O) groups is 1. The molecule has 3 N–H and O–H groups in total. The summed E-state index contributed by atoms with van der Waals surface area (Å²) in [6.07, 6.45) is 0. The van der Waals surface area contributed by atoms with Crippen LogP contribution in [0.4, 0.5) is 0 Å². The lowest BCUT2D eigenvalue weighted by Gasteiger charge is -2.19. The minimum atomic E-state index is -3.45. The van der Waals surface area contributed by atoms with E-state index >= 15 is 0 Å². The van der Waals surface area contributed by atoms with Crippen LogP contribution in [0.5, 0.6) is 0 Å². The zero-order valence-electron chi connectivity index (χ0n) is 13.9. The Kier molecular flexibility index (Phi) is 8.76. The molecule has 8 heteroatoms. The number of sulfonamides is 1. The van der Waals surface area contributed by atoms with Crippen LogP contribution in [0.15, 0.2) is 29.2 Å². The van der Waals surface area contributed by atoms with Gasteiger partial charge in [0.15, 0.2) is 0 Å². The summed E-state index contributed by atoms with van der Waals surface area (Å²) in [5, 5.41) is 2.78. The molecule has 1 aromatic rings. The molecule has 0 saturated carbocycles. The number of benzene rings is 1. The van der Waals surface area contributed by atoms with E-state index in [-0.39, 0.29) is 29.3 Å². The van der Waals surface area contributed by atoms with Crippen molar-refractivity contribution in [1.29, 1.82) is 0 Å². The zero-order chi connectivity index (χ0) is 16.9. The normalized spacial score (nSPS) is 14.0. The average molecular weight is 364 g/mol. The van der Waals surface area contributed by atoms with Gasteiger partial charge in [0, 0.05) is 13.1 Å². The molecular formula is C15H26ClN3O3S. The van der Waals surface area contributed by atoms with Crippen molar-refractivity contribution >= 4 is 28.3 Å². The van der Waals surface area contributed by atoms with Crippen molar-refractivity contribution in [3.05, 3.63) is 29.8 Å². The molecule has 2 atom stereocenters. The highest BCUT2D eigenvalue weighted by molar-refractivity contribution is 7.89. The zero-order valence-corrected chi connectivity index (χ0v) is 15.6. The third kappa shape index (κ3) is 5.46. The van der Waals surface area contributed by atoms with E-state index in [9.17, 15) is 13.2 Å². The number of rotatable bonds is 7. The van der Waals surface area contributed by atoms with Crippen LogP contribution in [0.2, 0.25) is 0 Å². The molecule has 1 rings (SSSR count). The summed E-state index contributed by atoms with van der Waals surface area (Å²) >= 11 is 0. The van der Waals surface area contributed by atoms with Crippen LogP contribution < -0.4 is 11.1 Å². The Morgan fingerprint density at radius 2 is 1.65 bits per heavy atom. The van der Waals surface area contributed by atoms with Gasteiger partial charge in [0.1, 0.15) is 0 Å². The molecule has 23 heavy (non-hydrogen) atoms. The van der Waals surface area contributed by atoms with Gasteiger partial charge in [0.25, 0.3) is 0 Å². The fourth-order valence-corrected chi connectivity index (χ4v) is 3.53. The lowest BCUT2D eigenvalue weighted by atomic mass is 10.1. The molecule has 0 radical (unpaired) electrons.